The van der Waals surface area contributed by atoms with Gasteiger partial charge in [-0.05, 0) is 24.7 Å². The summed E-state index contributed by atoms with van der Waals surface area (Å²) in [7, 11) is 0. The predicted molar refractivity (Wildman–Crippen MR) is 54.1 cm³/mol. The van der Waals surface area contributed by atoms with E-state index in [0.29, 0.717) is 0 Å². The number of allylic oxidation sites excluding steroid dienone is 2. The summed E-state index contributed by atoms with van der Waals surface area (Å²) in [6.07, 6.45) is 9.11. The van der Waals surface area contributed by atoms with E-state index < -0.39 is 0 Å². The first-order valence-corrected chi connectivity index (χ1v) is 4.64. The van der Waals surface area contributed by atoms with Gasteiger partial charge in [0.25, 0.3) is 0 Å². The quantitative estimate of drug-likeness (QED) is 0.605. The van der Waals surface area contributed by atoms with Crippen molar-refractivity contribution in [2.45, 2.75) is 33.1 Å². The van der Waals surface area contributed by atoms with Crippen molar-refractivity contribution in [1.29, 1.82) is 0 Å². The Kier molecular flexibility index (Phi) is 5.73. The first kappa shape index (κ1) is 11.4. The number of hydrogen-bond donors (Lipinski definition) is 1. The van der Waals surface area contributed by atoms with E-state index in [2.05, 4.69) is 26.5 Å². The Balaban J connectivity index is 4.33. The Labute approximate surface area is 75.8 Å². The summed E-state index contributed by atoms with van der Waals surface area (Å²) in [5, 5.41) is 8.68. The van der Waals surface area contributed by atoms with Crippen LogP contribution in [0.1, 0.15) is 33.1 Å². The third-order valence-electron chi connectivity index (χ3n) is 2.54. The number of aliphatic hydroxyl groups excluding tert-OH is 1. The molecule has 70 valence electrons. The summed E-state index contributed by atoms with van der Waals surface area (Å²) < 4.78 is 0. The van der Waals surface area contributed by atoms with E-state index in [4.69, 9.17) is 5.11 Å². The fraction of sp³-hybridized carbons (Fsp3) is 0.636. The molecule has 0 aromatic heterocycles. The molecule has 1 heteroatoms. The fourth-order valence-electron chi connectivity index (χ4n) is 1.43. The molecule has 0 amide bonds. The zero-order chi connectivity index (χ0) is 9.45. The molecular weight excluding hydrogens is 148 g/mol. The molecule has 0 rings (SSSR count). The van der Waals surface area contributed by atoms with Gasteiger partial charge in [0.2, 0.25) is 0 Å². The van der Waals surface area contributed by atoms with Gasteiger partial charge in [-0.2, -0.15) is 0 Å². The van der Waals surface area contributed by atoms with E-state index >= 15 is 0 Å². The van der Waals surface area contributed by atoms with Gasteiger partial charge in [0.15, 0.2) is 0 Å². The van der Waals surface area contributed by atoms with Crippen molar-refractivity contribution in [2.75, 3.05) is 6.61 Å². The van der Waals surface area contributed by atoms with Crippen LogP contribution in [0.25, 0.3) is 0 Å². The average molecular weight is 168 g/mol. The molecule has 0 aliphatic carbocycles. The smallest absolute Gasteiger partial charge is 0.0612 e. The molecule has 0 unspecified atom stereocenters. The number of rotatable bonds is 6. The van der Waals surface area contributed by atoms with Crippen LogP contribution >= 0.6 is 0 Å². The van der Waals surface area contributed by atoms with Crippen molar-refractivity contribution in [2.24, 2.45) is 5.41 Å². The van der Waals surface area contributed by atoms with E-state index in [1.165, 1.54) is 0 Å². The summed E-state index contributed by atoms with van der Waals surface area (Å²) in [5.41, 5.74) is 0.227. The average Bonchev–Trinajstić information content (AvgIpc) is 2.13. The van der Waals surface area contributed by atoms with Crippen LogP contribution in [-0.2, 0) is 0 Å². The zero-order valence-electron chi connectivity index (χ0n) is 8.21. The standard InChI is InChI=1S/C11H20O/c1-4-8-11(5-2,6-3)9-7-10-12/h4,7,9,12H,1,5-6,8,10H2,2-3H3/b9-7+. The van der Waals surface area contributed by atoms with Crippen LogP contribution < -0.4 is 0 Å². The Bertz CT molecular complexity index is 143. The maximum Gasteiger partial charge on any atom is 0.0612 e. The third-order valence-corrected chi connectivity index (χ3v) is 2.54. The van der Waals surface area contributed by atoms with Gasteiger partial charge in [-0.25, -0.2) is 0 Å². The van der Waals surface area contributed by atoms with Crippen molar-refractivity contribution in [1.82, 2.24) is 0 Å². The zero-order valence-corrected chi connectivity index (χ0v) is 8.21. The molecule has 0 aromatic rings. The first-order valence-electron chi connectivity index (χ1n) is 4.64. The van der Waals surface area contributed by atoms with E-state index in [1.54, 1.807) is 0 Å². The maximum absolute atomic E-state index is 8.68. The van der Waals surface area contributed by atoms with Gasteiger partial charge in [0.1, 0.15) is 0 Å². The molecule has 0 saturated heterocycles. The number of aliphatic hydroxyl groups is 1. The predicted octanol–water partition coefficient (Wildman–Crippen LogP) is 2.92. The monoisotopic (exact) mass is 168 g/mol. The summed E-state index contributed by atoms with van der Waals surface area (Å²) in [4.78, 5) is 0. The normalized spacial score (nSPS) is 12.2. The lowest BCUT2D eigenvalue weighted by Gasteiger charge is -2.26. The lowest BCUT2D eigenvalue weighted by Crippen LogP contribution is -2.14. The molecule has 12 heavy (non-hydrogen) atoms. The third kappa shape index (κ3) is 3.22. The molecule has 0 fully saturated rings. The van der Waals surface area contributed by atoms with Gasteiger partial charge >= 0.3 is 0 Å². The van der Waals surface area contributed by atoms with Gasteiger partial charge in [-0.15, -0.1) is 6.58 Å². The minimum atomic E-state index is 0.138. The lowest BCUT2D eigenvalue weighted by molar-refractivity contribution is 0.328. The molecule has 0 atom stereocenters. The SMILES string of the molecule is C=CCC(/C=C/CO)(CC)CC. The highest BCUT2D eigenvalue weighted by Gasteiger charge is 2.20. The minimum Gasteiger partial charge on any atom is -0.392 e. The first-order chi connectivity index (χ1) is 5.74. The van der Waals surface area contributed by atoms with E-state index in [-0.39, 0.29) is 12.0 Å². The Morgan fingerprint density at radius 3 is 2.25 bits per heavy atom. The molecule has 0 spiro atoms. The van der Waals surface area contributed by atoms with Gasteiger partial charge in [-0.3, -0.25) is 0 Å². The Morgan fingerprint density at radius 1 is 1.33 bits per heavy atom. The van der Waals surface area contributed by atoms with Gasteiger partial charge in [0, 0.05) is 0 Å². The van der Waals surface area contributed by atoms with Crippen molar-refractivity contribution in [3.05, 3.63) is 24.8 Å². The highest BCUT2D eigenvalue weighted by atomic mass is 16.2. The second-order valence-electron chi connectivity index (χ2n) is 3.15. The van der Waals surface area contributed by atoms with Crippen LogP contribution in [0, 0.1) is 5.41 Å². The van der Waals surface area contributed by atoms with Crippen molar-refractivity contribution in [3.63, 3.8) is 0 Å². The van der Waals surface area contributed by atoms with E-state index in [1.807, 2.05) is 12.2 Å². The van der Waals surface area contributed by atoms with Crippen LogP contribution in [0.2, 0.25) is 0 Å². The number of hydrogen-bond acceptors (Lipinski definition) is 1. The fourth-order valence-corrected chi connectivity index (χ4v) is 1.43. The Hall–Kier alpha value is -0.560. The molecule has 0 saturated carbocycles. The summed E-state index contributed by atoms with van der Waals surface area (Å²) in [5.74, 6) is 0. The largest absolute Gasteiger partial charge is 0.392 e. The van der Waals surface area contributed by atoms with Crippen LogP contribution in [0.3, 0.4) is 0 Å². The molecule has 1 nitrogen and oxygen atoms in total. The summed E-state index contributed by atoms with van der Waals surface area (Å²) in [6, 6.07) is 0. The van der Waals surface area contributed by atoms with E-state index in [9.17, 15) is 0 Å². The second-order valence-corrected chi connectivity index (χ2v) is 3.15. The highest BCUT2D eigenvalue weighted by molar-refractivity contribution is 5.01. The van der Waals surface area contributed by atoms with Crippen molar-refractivity contribution >= 4 is 0 Å². The second kappa shape index (κ2) is 6.01. The molecule has 0 aliphatic rings. The minimum absolute atomic E-state index is 0.138. The van der Waals surface area contributed by atoms with Crippen molar-refractivity contribution in [3.8, 4) is 0 Å². The molecule has 0 aromatic carbocycles. The molecule has 1 N–H and O–H groups in total. The lowest BCUT2D eigenvalue weighted by atomic mass is 9.79. The topological polar surface area (TPSA) is 20.2 Å². The van der Waals surface area contributed by atoms with Crippen LogP contribution in [-0.4, -0.2) is 11.7 Å². The Morgan fingerprint density at radius 2 is 1.92 bits per heavy atom. The van der Waals surface area contributed by atoms with Crippen LogP contribution in [0.5, 0.6) is 0 Å². The van der Waals surface area contributed by atoms with Crippen LogP contribution in [0.15, 0.2) is 24.8 Å². The maximum atomic E-state index is 8.68. The van der Waals surface area contributed by atoms with E-state index in [0.717, 1.165) is 19.3 Å². The molecular formula is C11H20O. The summed E-state index contributed by atoms with van der Waals surface area (Å²) >= 11 is 0. The molecule has 0 radical (unpaired) electrons. The van der Waals surface area contributed by atoms with Gasteiger partial charge in [-0.1, -0.05) is 32.1 Å². The van der Waals surface area contributed by atoms with Gasteiger partial charge in [0.05, 0.1) is 6.61 Å². The van der Waals surface area contributed by atoms with Crippen molar-refractivity contribution < 1.29 is 5.11 Å². The highest BCUT2D eigenvalue weighted by Crippen LogP contribution is 2.32. The molecule has 0 aliphatic heterocycles. The molecule has 0 bridgehead atoms. The van der Waals surface area contributed by atoms with Crippen LogP contribution in [0.4, 0.5) is 0 Å². The summed E-state index contributed by atoms with van der Waals surface area (Å²) in [6.45, 7) is 8.24. The molecule has 0 heterocycles. The van der Waals surface area contributed by atoms with Gasteiger partial charge < -0.3 is 5.11 Å².